The van der Waals surface area contributed by atoms with Crippen LogP contribution in [0.15, 0.2) is 40.2 Å². The van der Waals surface area contributed by atoms with Gasteiger partial charge in [0.15, 0.2) is 0 Å². The fourth-order valence-corrected chi connectivity index (χ4v) is 3.04. The molecule has 0 fully saturated rings. The number of halogens is 1. The Bertz CT molecular complexity index is 830. The van der Waals surface area contributed by atoms with Gasteiger partial charge in [0, 0.05) is 0 Å². The van der Waals surface area contributed by atoms with Gasteiger partial charge in [-0.2, -0.15) is 5.10 Å². The molecule has 0 unspecified atom stereocenters. The topological polar surface area (TPSA) is 89.8 Å². The molecule has 0 radical (unpaired) electrons. The summed E-state index contributed by atoms with van der Waals surface area (Å²) >= 11 is 6.90. The van der Waals surface area contributed by atoms with Crippen LogP contribution in [0.25, 0.3) is 0 Å². The van der Waals surface area contributed by atoms with E-state index in [9.17, 15) is 14.4 Å². The molecule has 1 aromatic heterocycles. The number of carbonyl (C=O) groups excluding carboxylic acids is 2. The highest BCUT2D eigenvalue weighted by Gasteiger charge is 2.15. The summed E-state index contributed by atoms with van der Waals surface area (Å²) in [6.45, 7) is 1.62. The lowest BCUT2D eigenvalue weighted by Gasteiger charge is -2.03. The van der Waals surface area contributed by atoms with Crippen molar-refractivity contribution >= 4 is 41.0 Å². The molecule has 1 aromatic carbocycles. The number of hydrogen-bond acceptors (Lipinski definition) is 6. The molecule has 0 aliphatic carbocycles. The number of carbonyl (C=O) groups is 2. The third kappa shape index (κ3) is 5.54. The Morgan fingerprint density at radius 3 is 2.76 bits per heavy atom. The van der Waals surface area contributed by atoms with Crippen molar-refractivity contribution in [3.63, 3.8) is 0 Å². The number of amides is 1. The van der Waals surface area contributed by atoms with Crippen molar-refractivity contribution in [1.29, 1.82) is 0 Å². The third-order valence-corrected chi connectivity index (χ3v) is 4.46. The number of hydrogen-bond donors (Lipinski definition) is 1. The molecule has 0 bridgehead atoms. The van der Waals surface area contributed by atoms with Gasteiger partial charge in [0.25, 0.3) is 0 Å². The largest absolute Gasteiger partial charge is 0.465 e. The molecule has 1 N–H and O–H groups in total. The molecule has 9 heteroatoms. The summed E-state index contributed by atoms with van der Waals surface area (Å²) < 4.78 is 5.89. The number of nitrogens with one attached hydrogen (secondary N) is 1. The summed E-state index contributed by atoms with van der Waals surface area (Å²) in [5.41, 5.74) is 3.23. The zero-order valence-electron chi connectivity index (χ0n) is 13.4. The summed E-state index contributed by atoms with van der Waals surface area (Å²) in [6, 6.07) is 9.22. The average molecular weight is 382 g/mol. The Hall–Kier alpha value is -2.45. The van der Waals surface area contributed by atoms with Crippen LogP contribution in [0.1, 0.15) is 17.4 Å². The predicted octanol–water partition coefficient (Wildman–Crippen LogP) is 1.82. The van der Waals surface area contributed by atoms with Gasteiger partial charge in [0.05, 0.1) is 24.1 Å². The van der Waals surface area contributed by atoms with Crippen molar-refractivity contribution in [1.82, 2.24) is 9.99 Å². The van der Waals surface area contributed by atoms with E-state index in [4.69, 9.17) is 16.3 Å². The number of thiazole rings is 1. The maximum Gasteiger partial charge on any atom is 0.326 e. The van der Waals surface area contributed by atoms with Gasteiger partial charge < -0.3 is 4.74 Å². The summed E-state index contributed by atoms with van der Waals surface area (Å²) in [4.78, 5) is 35.1. The van der Waals surface area contributed by atoms with E-state index < -0.39 is 10.8 Å². The Morgan fingerprint density at radius 2 is 2.08 bits per heavy atom. The van der Waals surface area contributed by atoms with Crippen LogP contribution < -0.4 is 10.3 Å². The number of nitrogens with zero attached hydrogens (tertiary/aromatic N) is 2. The second kappa shape index (κ2) is 9.14. The van der Waals surface area contributed by atoms with Gasteiger partial charge in [-0.05, 0) is 12.5 Å². The number of hydrazone groups is 1. The van der Waals surface area contributed by atoms with Gasteiger partial charge >= 0.3 is 10.8 Å². The van der Waals surface area contributed by atoms with Gasteiger partial charge in [-0.15, -0.1) is 0 Å². The number of rotatable bonds is 7. The number of benzene rings is 1. The van der Waals surface area contributed by atoms with E-state index in [-0.39, 0.29) is 30.6 Å². The molecular weight excluding hydrogens is 366 g/mol. The number of ether oxygens (including phenoxy) is 1. The van der Waals surface area contributed by atoms with E-state index in [0.29, 0.717) is 4.88 Å². The lowest BCUT2D eigenvalue weighted by atomic mass is 10.1. The zero-order chi connectivity index (χ0) is 18.2. The van der Waals surface area contributed by atoms with Crippen LogP contribution in [-0.4, -0.2) is 29.3 Å². The smallest absolute Gasteiger partial charge is 0.326 e. The van der Waals surface area contributed by atoms with Crippen molar-refractivity contribution in [2.45, 2.75) is 19.9 Å². The minimum absolute atomic E-state index is 0.0733. The van der Waals surface area contributed by atoms with E-state index in [1.165, 1.54) is 6.21 Å². The van der Waals surface area contributed by atoms with Crippen LogP contribution in [0.2, 0.25) is 5.15 Å². The highest BCUT2D eigenvalue weighted by Crippen LogP contribution is 2.16. The minimum atomic E-state index is -0.552. The first-order chi connectivity index (χ1) is 12.0. The number of esters is 1. The monoisotopic (exact) mass is 381 g/mol. The van der Waals surface area contributed by atoms with Crippen molar-refractivity contribution in [3.8, 4) is 0 Å². The van der Waals surface area contributed by atoms with Crippen LogP contribution in [-0.2, 0) is 27.3 Å². The molecule has 1 heterocycles. The zero-order valence-corrected chi connectivity index (χ0v) is 15.0. The molecule has 2 aromatic rings. The van der Waals surface area contributed by atoms with E-state index in [0.717, 1.165) is 21.5 Å². The molecule has 1 amide bonds. The molecule has 2 rings (SSSR count). The molecule has 0 spiro atoms. The van der Waals surface area contributed by atoms with E-state index in [1.54, 1.807) is 6.92 Å². The molecule has 0 aliphatic heterocycles. The Morgan fingerprint density at radius 1 is 1.36 bits per heavy atom. The fraction of sp³-hybridized carbons (Fsp3) is 0.250. The van der Waals surface area contributed by atoms with Crippen LogP contribution in [0.3, 0.4) is 0 Å². The van der Waals surface area contributed by atoms with E-state index in [2.05, 4.69) is 10.5 Å². The summed E-state index contributed by atoms with van der Waals surface area (Å²) in [5, 5.41) is 3.87. The molecule has 0 aliphatic rings. The van der Waals surface area contributed by atoms with Crippen LogP contribution in [0.4, 0.5) is 0 Å². The first-order valence-electron chi connectivity index (χ1n) is 7.41. The maximum absolute atomic E-state index is 11.9. The SMILES string of the molecule is CCOC(=O)Cn1c(Cl)c(/C=N/NC(=O)Cc2ccccc2)sc1=O. The standard InChI is InChI=1S/C16H16ClN3O4S/c1-2-24-14(22)10-20-15(17)12(25-16(20)23)9-18-19-13(21)8-11-6-4-3-5-7-11/h3-7,9H,2,8,10H2,1H3,(H,19,21)/b18-9+. The molecule has 7 nitrogen and oxygen atoms in total. The fourth-order valence-electron chi connectivity index (χ4n) is 1.94. The van der Waals surface area contributed by atoms with Crippen LogP contribution in [0.5, 0.6) is 0 Å². The second-order valence-corrected chi connectivity index (χ2v) is 6.22. The van der Waals surface area contributed by atoms with Gasteiger partial charge in [0.1, 0.15) is 11.7 Å². The lowest BCUT2D eigenvalue weighted by molar-refractivity contribution is -0.143. The first-order valence-corrected chi connectivity index (χ1v) is 8.61. The van der Waals surface area contributed by atoms with Crippen molar-refractivity contribution in [2.24, 2.45) is 5.10 Å². The lowest BCUT2D eigenvalue weighted by Crippen LogP contribution is -2.21. The average Bonchev–Trinajstić information content (AvgIpc) is 2.84. The van der Waals surface area contributed by atoms with Crippen LogP contribution >= 0.6 is 22.9 Å². The normalized spacial score (nSPS) is 10.8. The van der Waals surface area contributed by atoms with Gasteiger partial charge in [-0.1, -0.05) is 53.3 Å². The maximum atomic E-state index is 11.9. The van der Waals surface area contributed by atoms with Gasteiger partial charge in [-0.25, -0.2) is 5.43 Å². The summed E-state index contributed by atoms with van der Waals surface area (Å²) in [7, 11) is 0. The third-order valence-electron chi connectivity index (χ3n) is 3.03. The Kier molecular flexibility index (Phi) is 6.91. The highest BCUT2D eigenvalue weighted by molar-refractivity contribution is 7.11. The van der Waals surface area contributed by atoms with Crippen molar-refractivity contribution in [3.05, 3.63) is 55.6 Å². The van der Waals surface area contributed by atoms with Gasteiger partial charge in [-0.3, -0.25) is 19.0 Å². The van der Waals surface area contributed by atoms with Crippen molar-refractivity contribution < 1.29 is 14.3 Å². The number of aromatic nitrogens is 1. The molecule has 0 saturated carbocycles. The summed E-state index contributed by atoms with van der Waals surface area (Å²) in [6.07, 6.45) is 1.46. The minimum Gasteiger partial charge on any atom is -0.465 e. The molecule has 25 heavy (non-hydrogen) atoms. The molecular formula is C16H16ClN3O4S. The Balaban J connectivity index is 1.98. The summed E-state index contributed by atoms with van der Waals surface area (Å²) in [5.74, 6) is -0.846. The first kappa shape index (κ1) is 18.9. The van der Waals surface area contributed by atoms with E-state index >= 15 is 0 Å². The molecule has 132 valence electrons. The van der Waals surface area contributed by atoms with E-state index in [1.807, 2.05) is 30.3 Å². The van der Waals surface area contributed by atoms with Crippen LogP contribution in [0, 0.1) is 0 Å². The highest BCUT2D eigenvalue weighted by atomic mass is 35.5. The Labute approximate surface area is 152 Å². The predicted molar refractivity (Wildman–Crippen MR) is 96.1 cm³/mol. The molecule has 0 saturated heterocycles. The molecule has 0 atom stereocenters. The second-order valence-electron chi connectivity index (χ2n) is 4.87. The van der Waals surface area contributed by atoms with Gasteiger partial charge in [0.2, 0.25) is 5.91 Å². The quantitative estimate of drug-likeness (QED) is 0.450. The van der Waals surface area contributed by atoms with Crippen molar-refractivity contribution in [2.75, 3.05) is 6.61 Å².